The third-order valence-corrected chi connectivity index (χ3v) is 6.46. The average Bonchev–Trinajstić information content (AvgIpc) is 3.47. The number of hydrogen-bond donors (Lipinski definition) is 0. The first kappa shape index (κ1) is 19.8. The maximum Gasteiger partial charge on any atom is 0.151 e. The van der Waals surface area contributed by atoms with E-state index in [0.717, 1.165) is 60.4 Å². The van der Waals surface area contributed by atoms with E-state index in [9.17, 15) is 0 Å². The highest BCUT2D eigenvalue weighted by Crippen LogP contribution is 2.29. The maximum absolute atomic E-state index is 6.13. The van der Waals surface area contributed by atoms with E-state index in [1.165, 1.54) is 22.5 Å². The Morgan fingerprint density at radius 2 is 1.61 bits per heavy atom. The number of anilines is 2. The highest BCUT2D eigenvalue weighted by atomic mass is 16.3. The smallest absolute Gasteiger partial charge is 0.151 e. The average molecular weight is 435 g/mol. The number of furan rings is 1. The van der Waals surface area contributed by atoms with Crippen molar-refractivity contribution in [3.63, 3.8) is 0 Å². The van der Waals surface area contributed by atoms with Gasteiger partial charge in [0.15, 0.2) is 5.76 Å². The Labute approximate surface area is 193 Å². The Bertz CT molecular complexity index is 1380. The SMILES string of the molecule is CC(=NN1CCCc2ccccc21)c1cc2cc(C=NN3CCc4ccccc43)ccc2o1. The van der Waals surface area contributed by atoms with E-state index in [2.05, 4.69) is 76.7 Å². The van der Waals surface area contributed by atoms with Gasteiger partial charge in [-0.2, -0.15) is 10.2 Å². The van der Waals surface area contributed by atoms with Gasteiger partial charge in [0.1, 0.15) is 11.3 Å². The molecular formula is C28H26N4O. The van der Waals surface area contributed by atoms with Gasteiger partial charge in [-0.15, -0.1) is 0 Å². The minimum atomic E-state index is 0.801. The summed E-state index contributed by atoms with van der Waals surface area (Å²) in [5.41, 5.74) is 7.91. The van der Waals surface area contributed by atoms with Gasteiger partial charge in [0.25, 0.3) is 0 Å². The van der Waals surface area contributed by atoms with Crippen LogP contribution in [0.3, 0.4) is 0 Å². The van der Waals surface area contributed by atoms with Crippen LogP contribution in [0.4, 0.5) is 11.4 Å². The number of benzene rings is 3. The Kier molecular flexibility index (Phi) is 4.95. The van der Waals surface area contributed by atoms with Crippen LogP contribution in [0.15, 0.2) is 87.4 Å². The molecule has 6 rings (SSSR count). The number of fused-ring (bicyclic) bond motifs is 3. The molecule has 0 N–H and O–H groups in total. The van der Waals surface area contributed by atoms with Crippen LogP contribution >= 0.6 is 0 Å². The molecule has 0 bridgehead atoms. The van der Waals surface area contributed by atoms with E-state index >= 15 is 0 Å². The Morgan fingerprint density at radius 1 is 0.848 bits per heavy atom. The Hall–Kier alpha value is -3.86. The lowest BCUT2D eigenvalue weighted by Crippen LogP contribution is -2.25. The van der Waals surface area contributed by atoms with Gasteiger partial charge in [-0.05, 0) is 79.3 Å². The zero-order chi connectivity index (χ0) is 22.2. The molecule has 0 atom stereocenters. The van der Waals surface area contributed by atoms with Crippen molar-refractivity contribution < 1.29 is 4.42 Å². The van der Waals surface area contributed by atoms with Gasteiger partial charge in [0.05, 0.1) is 17.6 Å². The fourth-order valence-corrected chi connectivity index (χ4v) is 4.75. The van der Waals surface area contributed by atoms with Crippen molar-refractivity contribution in [3.05, 3.63) is 95.2 Å². The molecule has 0 saturated heterocycles. The van der Waals surface area contributed by atoms with E-state index in [4.69, 9.17) is 14.6 Å². The summed E-state index contributed by atoms with van der Waals surface area (Å²) >= 11 is 0. The van der Waals surface area contributed by atoms with Crippen LogP contribution in [0, 0.1) is 0 Å². The molecule has 164 valence electrons. The first-order chi connectivity index (χ1) is 16.2. The van der Waals surface area contributed by atoms with Crippen LogP contribution < -0.4 is 10.0 Å². The molecule has 0 fully saturated rings. The van der Waals surface area contributed by atoms with Gasteiger partial charge < -0.3 is 4.42 Å². The fourth-order valence-electron chi connectivity index (χ4n) is 4.75. The number of rotatable bonds is 4. The molecule has 0 unspecified atom stereocenters. The summed E-state index contributed by atoms with van der Waals surface area (Å²) < 4.78 is 6.13. The van der Waals surface area contributed by atoms with Crippen molar-refractivity contribution in [1.29, 1.82) is 0 Å². The molecule has 0 radical (unpaired) electrons. The zero-order valence-electron chi connectivity index (χ0n) is 18.7. The summed E-state index contributed by atoms with van der Waals surface area (Å²) in [4.78, 5) is 0. The van der Waals surface area contributed by atoms with Crippen LogP contribution in [0.25, 0.3) is 11.0 Å². The minimum absolute atomic E-state index is 0.801. The van der Waals surface area contributed by atoms with Crippen LogP contribution in [0.1, 0.15) is 35.8 Å². The zero-order valence-corrected chi connectivity index (χ0v) is 18.7. The molecule has 3 aromatic carbocycles. The summed E-state index contributed by atoms with van der Waals surface area (Å²) in [7, 11) is 0. The molecule has 0 saturated carbocycles. The second-order valence-electron chi connectivity index (χ2n) is 8.70. The van der Waals surface area contributed by atoms with Gasteiger partial charge in [-0.3, -0.25) is 10.0 Å². The van der Waals surface area contributed by atoms with E-state index in [0.29, 0.717) is 0 Å². The second-order valence-corrected chi connectivity index (χ2v) is 8.70. The predicted molar refractivity (Wildman–Crippen MR) is 136 cm³/mol. The molecule has 0 aliphatic carbocycles. The molecule has 5 nitrogen and oxygen atoms in total. The van der Waals surface area contributed by atoms with Crippen molar-refractivity contribution in [2.24, 2.45) is 10.2 Å². The molecule has 0 spiro atoms. The molecule has 2 aliphatic rings. The molecule has 0 amide bonds. The van der Waals surface area contributed by atoms with E-state index in [1.807, 2.05) is 19.2 Å². The highest BCUT2D eigenvalue weighted by Gasteiger charge is 2.18. The summed E-state index contributed by atoms with van der Waals surface area (Å²) in [6.07, 6.45) is 5.19. The quantitative estimate of drug-likeness (QED) is 0.370. The predicted octanol–water partition coefficient (Wildman–Crippen LogP) is 6.01. The third-order valence-electron chi connectivity index (χ3n) is 6.46. The van der Waals surface area contributed by atoms with Crippen LogP contribution in [0.2, 0.25) is 0 Å². The topological polar surface area (TPSA) is 44.3 Å². The molecule has 3 heterocycles. The Morgan fingerprint density at radius 3 is 2.45 bits per heavy atom. The van der Waals surface area contributed by atoms with Gasteiger partial charge in [-0.25, -0.2) is 0 Å². The fraction of sp³-hybridized carbons (Fsp3) is 0.214. The van der Waals surface area contributed by atoms with E-state index in [-0.39, 0.29) is 0 Å². The normalized spacial score (nSPS) is 16.0. The van der Waals surface area contributed by atoms with Crippen molar-refractivity contribution >= 4 is 34.3 Å². The largest absolute Gasteiger partial charge is 0.455 e. The highest BCUT2D eigenvalue weighted by molar-refractivity contribution is 6.01. The van der Waals surface area contributed by atoms with Crippen molar-refractivity contribution in [2.75, 3.05) is 23.1 Å². The first-order valence-electron chi connectivity index (χ1n) is 11.6. The van der Waals surface area contributed by atoms with Crippen molar-refractivity contribution in [3.8, 4) is 0 Å². The number of aryl methyl sites for hydroxylation is 1. The molecule has 4 aromatic rings. The molecule has 2 aliphatic heterocycles. The number of para-hydroxylation sites is 2. The van der Waals surface area contributed by atoms with Crippen LogP contribution in [0.5, 0.6) is 0 Å². The summed E-state index contributed by atoms with van der Waals surface area (Å²) in [6.45, 7) is 3.86. The van der Waals surface area contributed by atoms with Gasteiger partial charge in [-0.1, -0.05) is 36.4 Å². The lowest BCUT2D eigenvalue weighted by atomic mass is 10.0. The van der Waals surface area contributed by atoms with Crippen LogP contribution in [-0.2, 0) is 12.8 Å². The maximum atomic E-state index is 6.13. The van der Waals surface area contributed by atoms with E-state index < -0.39 is 0 Å². The number of nitrogens with zero attached hydrogens (tertiary/aromatic N) is 4. The monoisotopic (exact) mass is 434 g/mol. The van der Waals surface area contributed by atoms with E-state index in [1.54, 1.807) is 0 Å². The lowest BCUT2D eigenvalue weighted by Gasteiger charge is -2.27. The number of hydrogen-bond acceptors (Lipinski definition) is 5. The molecule has 33 heavy (non-hydrogen) atoms. The minimum Gasteiger partial charge on any atom is -0.455 e. The third kappa shape index (κ3) is 3.80. The number of hydrazone groups is 2. The first-order valence-corrected chi connectivity index (χ1v) is 11.6. The van der Waals surface area contributed by atoms with Crippen LogP contribution in [-0.4, -0.2) is 25.0 Å². The van der Waals surface area contributed by atoms with Gasteiger partial charge >= 0.3 is 0 Å². The summed E-state index contributed by atoms with van der Waals surface area (Å²) in [6, 6.07) is 25.2. The van der Waals surface area contributed by atoms with Crippen molar-refractivity contribution in [1.82, 2.24) is 0 Å². The molecule has 5 heteroatoms. The Balaban J connectivity index is 1.24. The van der Waals surface area contributed by atoms with Gasteiger partial charge in [0, 0.05) is 18.5 Å². The van der Waals surface area contributed by atoms with Gasteiger partial charge in [0.2, 0.25) is 0 Å². The summed E-state index contributed by atoms with van der Waals surface area (Å²) in [5.74, 6) is 0.801. The second kappa shape index (κ2) is 8.24. The van der Waals surface area contributed by atoms with Crippen molar-refractivity contribution in [2.45, 2.75) is 26.2 Å². The molecular weight excluding hydrogens is 408 g/mol. The lowest BCUT2D eigenvalue weighted by molar-refractivity contribution is 0.602. The summed E-state index contributed by atoms with van der Waals surface area (Å²) in [5, 5.41) is 14.9. The molecule has 1 aromatic heterocycles. The standard InChI is InChI=1S/C28H26N4O/c1-20(30-32-15-6-9-22-7-2-5-11-26(22)32)28-18-24-17-21(12-13-27(24)33-28)19-29-31-16-14-23-8-3-4-10-25(23)31/h2-5,7-8,10-13,17-19H,6,9,14-16H2,1H3.